The standard InChI is InChI=1S/C15H17N5O2S/c21-11-20-8-6-19(7-9-20)10-13(22)16-15-18-17-14(23-15)12-4-2-1-3-5-12/h1-5,11H,6-10H2,(H,16,18,22). The summed E-state index contributed by atoms with van der Waals surface area (Å²) < 4.78 is 0. The number of piperazine rings is 1. The van der Waals surface area contributed by atoms with Crippen LogP contribution in [0.1, 0.15) is 0 Å². The fourth-order valence-corrected chi connectivity index (χ4v) is 3.13. The van der Waals surface area contributed by atoms with Gasteiger partial charge in [0.15, 0.2) is 0 Å². The van der Waals surface area contributed by atoms with E-state index in [1.165, 1.54) is 11.3 Å². The van der Waals surface area contributed by atoms with Crippen LogP contribution in [0.2, 0.25) is 0 Å². The molecule has 1 aliphatic heterocycles. The quantitative estimate of drug-likeness (QED) is 0.824. The molecule has 1 aromatic heterocycles. The molecule has 2 amide bonds. The fourth-order valence-electron chi connectivity index (χ4n) is 2.36. The predicted molar refractivity (Wildman–Crippen MR) is 88.1 cm³/mol. The zero-order valence-corrected chi connectivity index (χ0v) is 13.3. The van der Waals surface area contributed by atoms with Gasteiger partial charge in [-0.25, -0.2) is 0 Å². The summed E-state index contributed by atoms with van der Waals surface area (Å²) in [6.07, 6.45) is 0.851. The lowest BCUT2D eigenvalue weighted by Crippen LogP contribution is -2.48. The number of benzene rings is 1. The number of amides is 2. The highest BCUT2D eigenvalue weighted by Crippen LogP contribution is 2.25. The van der Waals surface area contributed by atoms with Crippen LogP contribution in [-0.4, -0.2) is 65.0 Å². The molecule has 8 heteroatoms. The van der Waals surface area contributed by atoms with E-state index < -0.39 is 0 Å². The lowest BCUT2D eigenvalue weighted by molar-refractivity contribution is -0.120. The molecular formula is C15H17N5O2S. The lowest BCUT2D eigenvalue weighted by Gasteiger charge is -2.31. The summed E-state index contributed by atoms with van der Waals surface area (Å²) in [5, 5.41) is 12.2. The highest BCUT2D eigenvalue weighted by atomic mass is 32.1. The summed E-state index contributed by atoms with van der Waals surface area (Å²) >= 11 is 1.35. The number of anilines is 1. The van der Waals surface area contributed by atoms with Gasteiger partial charge in [0, 0.05) is 31.7 Å². The monoisotopic (exact) mass is 331 g/mol. The third kappa shape index (κ3) is 4.11. The number of carbonyl (C=O) groups is 2. The van der Waals surface area contributed by atoms with Crippen molar-refractivity contribution in [1.29, 1.82) is 0 Å². The van der Waals surface area contributed by atoms with Crippen molar-refractivity contribution in [3.8, 4) is 10.6 Å². The largest absolute Gasteiger partial charge is 0.343 e. The summed E-state index contributed by atoms with van der Waals surface area (Å²) in [5.41, 5.74) is 0.982. The maximum Gasteiger partial charge on any atom is 0.240 e. The molecule has 1 fully saturated rings. The molecule has 3 rings (SSSR count). The molecule has 2 heterocycles. The molecule has 0 atom stereocenters. The van der Waals surface area contributed by atoms with Gasteiger partial charge in [0.1, 0.15) is 5.01 Å². The molecule has 0 aliphatic carbocycles. The predicted octanol–water partition coefficient (Wildman–Crippen LogP) is 0.918. The van der Waals surface area contributed by atoms with Crippen LogP contribution in [0.15, 0.2) is 30.3 Å². The van der Waals surface area contributed by atoms with Gasteiger partial charge in [-0.05, 0) is 0 Å². The van der Waals surface area contributed by atoms with E-state index in [2.05, 4.69) is 15.5 Å². The Labute approximate surface area is 137 Å². The average Bonchev–Trinajstić information content (AvgIpc) is 3.04. The number of aromatic nitrogens is 2. The maximum absolute atomic E-state index is 12.1. The van der Waals surface area contributed by atoms with E-state index in [-0.39, 0.29) is 5.91 Å². The molecule has 120 valence electrons. The van der Waals surface area contributed by atoms with Crippen molar-refractivity contribution in [2.75, 3.05) is 38.0 Å². The second kappa shape index (κ2) is 7.30. The molecule has 7 nitrogen and oxygen atoms in total. The molecule has 0 unspecified atom stereocenters. The van der Waals surface area contributed by atoms with Gasteiger partial charge in [0.2, 0.25) is 17.4 Å². The van der Waals surface area contributed by atoms with E-state index in [1.54, 1.807) is 4.90 Å². The third-order valence-electron chi connectivity index (χ3n) is 3.62. The minimum Gasteiger partial charge on any atom is -0.343 e. The van der Waals surface area contributed by atoms with E-state index in [0.717, 1.165) is 17.0 Å². The van der Waals surface area contributed by atoms with Gasteiger partial charge < -0.3 is 4.90 Å². The second-order valence-electron chi connectivity index (χ2n) is 5.24. The first kappa shape index (κ1) is 15.6. The molecule has 23 heavy (non-hydrogen) atoms. The summed E-state index contributed by atoms with van der Waals surface area (Å²) in [6.45, 7) is 3.03. The van der Waals surface area contributed by atoms with Crippen LogP contribution in [-0.2, 0) is 9.59 Å². The molecular weight excluding hydrogens is 314 g/mol. The number of nitrogens with zero attached hydrogens (tertiary/aromatic N) is 4. The van der Waals surface area contributed by atoms with Crippen LogP contribution >= 0.6 is 11.3 Å². The van der Waals surface area contributed by atoms with Crippen molar-refractivity contribution in [1.82, 2.24) is 20.0 Å². The van der Waals surface area contributed by atoms with E-state index in [0.29, 0.717) is 37.9 Å². The van der Waals surface area contributed by atoms with Crippen LogP contribution in [0, 0.1) is 0 Å². The summed E-state index contributed by atoms with van der Waals surface area (Å²) in [4.78, 5) is 26.5. The van der Waals surface area contributed by atoms with Crippen molar-refractivity contribution >= 4 is 28.8 Å². The summed E-state index contributed by atoms with van der Waals surface area (Å²) in [6, 6.07) is 9.73. The fraction of sp³-hybridized carbons (Fsp3) is 0.333. The van der Waals surface area contributed by atoms with Gasteiger partial charge in [-0.1, -0.05) is 41.7 Å². The third-order valence-corrected chi connectivity index (χ3v) is 4.50. The minimum atomic E-state index is -0.111. The minimum absolute atomic E-state index is 0.111. The Morgan fingerprint density at radius 2 is 1.91 bits per heavy atom. The molecule has 1 saturated heterocycles. The molecule has 1 aromatic carbocycles. The normalized spacial score (nSPS) is 15.4. The summed E-state index contributed by atoms with van der Waals surface area (Å²) in [7, 11) is 0. The smallest absolute Gasteiger partial charge is 0.240 e. The van der Waals surface area contributed by atoms with Crippen molar-refractivity contribution in [3.05, 3.63) is 30.3 Å². The number of nitrogens with one attached hydrogen (secondary N) is 1. The van der Waals surface area contributed by atoms with Gasteiger partial charge in [-0.2, -0.15) is 0 Å². The van der Waals surface area contributed by atoms with Gasteiger partial charge >= 0.3 is 0 Å². The van der Waals surface area contributed by atoms with Gasteiger partial charge in [0.05, 0.1) is 6.54 Å². The molecule has 1 N–H and O–H groups in total. The number of rotatable bonds is 5. The van der Waals surface area contributed by atoms with E-state index in [1.807, 2.05) is 35.2 Å². The highest BCUT2D eigenvalue weighted by Gasteiger charge is 2.18. The lowest BCUT2D eigenvalue weighted by atomic mass is 10.2. The highest BCUT2D eigenvalue weighted by molar-refractivity contribution is 7.18. The Morgan fingerprint density at radius 3 is 2.61 bits per heavy atom. The van der Waals surface area contributed by atoms with Gasteiger partial charge in [-0.3, -0.25) is 19.8 Å². The van der Waals surface area contributed by atoms with Crippen LogP contribution in [0.3, 0.4) is 0 Å². The SMILES string of the molecule is O=CN1CCN(CC(=O)Nc2nnc(-c3ccccc3)s2)CC1. The van der Waals surface area contributed by atoms with Crippen LogP contribution < -0.4 is 5.32 Å². The maximum atomic E-state index is 12.1. The Morgan fingerprint density at radius 1 is 1.17 bits per heavy atom. The molecule has 0 saturated carbocycles. The topological polar surface area (TPSA) is 78.4 Å². The second-order valence-corrected chi connectivity index (χ2v) is 6.22. The van der Waals surface area contributed by atoms with E-state index in [4.69, 9.17) is 0 Å². The Hall–Kier alpha value is -2.32. The van der Waals surface area contributed by atoms with Crippen LogP contribution in [0.4, 0.5) is 5.13 Å². The Bertz CT molecular complexity index is 668. The van der Waals surface area contributed by atoms with Crippen molar-refractivity contribution in [2.24, 2.45) is 0 Å². The Kier molecular flexibility index (Phi) is 4.94. The first-order valence-corrected chi connectivity index (χ1v) is 8.17. The zero-order chi connectivity index (χ0) is 16.1. The van der Waals surface area contributed by atoms with Gasteiger partial charge in [0.25, 0.3) is 0 Å². The molecule has 0 radical (unpaired) electrons. The van der Waals surface area contributed by atoms with Crippen molar-refractivity contribution in [3.63, 3.8) is 0 Å². The van der Waals surface area contributed by atoms with E-state index in [9.17, 15) is 9.59 Å². The first-order valence-electron chi connectivity index (χ1n) is 7.35. The zero-order valence-electron chi connectivity index (χ0n) is 12.5. The Balaban J connectivity index is 1.53. The molecule has 0 bridgehead atoms. The van der Waals surface area contributed by atoms with Crippen molar-refractivity contribution < 1.29 is 9.59 Å². The number of carbonyl (C=O) groups excluding carboxylic acids is 2. The van der Waals surface area contributed by atoms with Gasteiger partial charge in [-0.15, -0.1) is 10.2 Å². The number of hydrogen-bond acceptors (Lipinski definition) is 6. The summed E-state index contributed by atoms with van der Waals surface area (Å²) in [5.74, 6) is -0.111. The average molecular weight is 331 g/mol. The number of hydrogen-bond donors (Lipinski definition) is 1. The molecule has 0 spiro atoms. The van der Waals surface area contributed by atoms with Crippen LogP contribution in [0.5, 0.6) is 0 Å². The first-order chi connectivity index (χ1) is 11.2. The van der Waals surface area contributed by atoms with E-state index >= 15 is 0 Å². The van der Waals surface area contributed by atoms with Crippen molar-refractivity contribution in [2.45, 2.75) is 0 Å². The molecule has 2 aromatic rings. The van der Waals surface area contributed by atoms with Crippen LogP contribution in [0.25, 0.3) is 10.6 Å². The molecule has 1 aliphatic rings.